The van der Waals surface area contributed by atoms with Gasteiger partial charge in [-0.05, 0) is 35.8 Å². The van der Waals surface area contributed by atoms with Crippen molar-refractivity contribution >= 4 is 22.5 Å². The van der Waals surface area contributed by atoms with E-state index in [1.807, 2.05) is 0 Å². The first-order valence-corrected chi connectivity index (χ1v) is 7.41. The number of hydrogen-bond donors (Lipinski definition) is 1. The highest BCUT2D eigenvalue weighted by Crippen LogP contribution is 2.34. The quantitative estimate of drug-likeness (QED) is 0.782. The van der Waals surface area contributed by atoms with E-state index in [-0.39, 0.29) is 11.2 Å². The van der Waals surface area contributed by atoms with E-state index >= 15 is 0 Å². The van der Waals surface area contributed by atoms with Crippen molar-refractivity contribution in [3.63, 3.8) is 0 Å². The second-order valence-electron chi connectivity index (χ2n) is 6.04. The summed E-state index contributed by atoms with van der Waals surface area (Å²) in [6.45, 7) is 6.19. The Morgan fingerprint density at radius 1 is 1.29 bits per heavy atom. The molecule has 2 N–H and O–H groups in total. The second kappa shape index (κ2) is 4.89. The van der Waals surface area contributed by atoms with Gasteiger partial charge in [0, 0.05) is 10.8 Å². The molecule has 3 rings (SSSR count). The number of nitrogens with zero attached hydrogens (tertiary/aromatic N) is 2. The Morgan fingerprint density at radius 3 is 2.76 bits per heavy atom. The lowest BCUT2D eigenvalue weighted by Gasteiger charge is -2.18. The molecule has 3 aromatic rings. The van der Waals surface area contributed by atoms with E-state index in [0.29, 0.717) is 16.7 Å². The van der Waals surface area contributed by atoms with Crippen molar-refractivity contribution in [3.05, 3.63) is 46.4 Å². The molecule has 0 saturated carbocycles. The van der Waals surface area contributed by atoms with Crippen LogP contribution in [0.15, 0.2) is 28.7 Å². The fraction of sp³-hybridized carbons (Fsp3) is 0.333. The van der Waals surface area contributed by atoms with Crippen LogP contribution in [0.1, 0.15) is 43.1 Å². The van der Waals surface area contributed by atoms with E-state index in [1.165, 1.54) is 23.7 Å². The molecule has 6 heteroatoms. The van der Waals surface area contributed by atoms with Crippen LogP contribution in [0, 0.1) is 5.82 Å². The predicted molar refractivity (Wildman–Crippen MR) is 80.8 cm³/mol. The van der Waals surface area contributed by atoms with Gasteiger partial charge >= 0.3 is 0 Å². The molecule has 0 aliphatic heterocycles. The Balaban J connectivity index is 2.04. The summed E-state index contributed by atoms with van der Waals surface area (Å²) in [6, 6.07) is 5.74. The Bertz CT molecular complexity index is 788. The lowest BCUT2D eigenvalue weighted by atomic mass is 9.90. The minimum Gasteiger partial charge on any atom is -0.459 e. The van der Waals surface area contributed by atoms with E-state index in [4.69, 9.17) is 10.2 Å². The van der Waals surface area contributed by atoms with Crippen molar-refractivity contribution in [3.8, 4) is 0 Å². The second-order valence-corrected chi connectivity index (χ2v) is 6.83. The summed E-state index contributed by atoms with van der Waals surface area (Å²) in [6.07, 6.45) is 0. The van der Waals surface area contributed by atoms with E-state index < -0.39 is 6.04 Å². The molecule has 0 aliphatic carbocycles. The van der Waals surface area contributed by atoms with Crippen LogP contribution in [-0.2, 0) is 5.41 Å². The molecule has 0 spiro atoms. The number of nitrogens with two attached hydrogens (primary N) is 1. The average molecular weight is 305 g/mol. The van der Waals surface area contributed by atoms with Crippen LogP contribution in [-0.4, -0.2) is 9.59 Å². The summed E-state index contributed by atoms with van der Waals surface area (Å²) in [5, 5.41) is 4.89. The molecule has 1 atom stereocenters. The van der Waals surface area contributed by atoms with Gasteiger partial charge in [-0.15, -0.1) is 5.10 Å². The van der Waals surface area contributed by atoms with Crippen LogP contribution in [0.3, 0.4) is 0 Å². The number of halogens is 1. The summed E-state index contributed by atoms with van der Waals surface area (Å²) in [5.74, 6) is 0.297. The number of hydrogen-bond acceptors (Lipinski definition) is 5. The van der Waals surface area contributed by atoms with Crippen LogP contribution >= 0.6 is 11.5 Å². The molecule has 21 heavy (non-hydrogen) atoms. The van der Waals surface area contributed by atoms with E-state index in [2.05, 4.69) is 30.4 Å². The number of rotatable bonds is 2. The molecule has 0 bridgehead atoms. The molecule has 0 aliphatic rings. The minimum atomic E-state index is -0.449. The lowest BCUT2D eigenvalue weighted by Crippen LogP contribution is -2.19. The van der Waals surface area contributed by atoms with Crippen molar-refractivity contribution in [2.45, 2.75) is 32.2 Å². The topological polar surface area (TPSA) is 64.9 Å². The molecule has 4 nitrogen and oxygen atoms in total. The van der Waals surface area contributed by atoms with Crippen molar-refractivity contribution in [2.75, 3.05) is 0 Å². The Hall–Kier alpha value is -1.79. The first-order valence-electron chi connectivity index (χ1n) is 6.63. The molecule has 2 aromatic heterocycles. The van der Waals surface area contributed by atoms with Crippen molar-refractivity contribution in [1.82, 2.24) is 9.59 Å². The average Bonchev–Trinajstić information content (AvgIpc) is 3.02. The zero-order valence-corrected chi connectivity index (χ0v) is 12.9. The van der Waals surface area contributed by atoms with Crippen molar-refractivity contribution < 1.29 is 8.81 Å². The van der Waals surface area contributed by atoms with Gasteiger partial charge in [-0.3, -0.25) is 0 Å². The highest BCUT2D eigenvalue weighted by atomic mass is 32.1. The number of fused-ring (bicyclic) bond motifs is 1. The molecule has 110 valence electrons. The normalized spacial score (nSPS) is 13.8. The Labute approximate surface area is 125 Å². The highest BCUT2D eigenvalue weighted by Gasteiger charge is 2.28. The SMILES string of the molecule is CC(C)(C)c1nnsc1C(N)c1cc2cc(F)ccc2o1. The van der Waals surface area contributed by atoms with E-state index in [0.717, 1.165) is 10.6 Å². The van der Waals surface area contributed by atoms with Gasteiger partial charge in [0.05, 0.1) is 10.6 Å². The number of aromatic nitrogens is 2. The molecule has 0 amide bonds. The highest BCUT2D eigenvalue weighted by molar-refractivity contribution is 7.05. The fourth-order valence-electron chi connectivity index (χ4n) is 2.24. The number of furan rings is 1. The van der Waals surface area contributed by atoms with Gasteiger partial charge < -0.3 is 10.2 Å². The first kappa shape index (κ1) is 14.2. The largest absolute Gasteiger partial charge is 0.459 e. The van der Waals surface area contributed by atoms with Crippen molar-refractivity contribution in [1.29, 1.82) is 0 Å². The first-order chi connectivity index (χ1) is 9.86. The standard InChI is InChI=1S/C15H16FN3OS/c1-15(2,3)14-13(21-19-18-14)12(17)11-7-8-6-9(16)4-5-10(8)20-11/h4-7,12H,17H2,1-3H3. The summed E-state index contributed by atoms with van der Waals surface area (Å²) in [4.78, 5) is 0.877. The van der Waals surface area contributed by atoms with Gasteiger partial charge in [-0.1, -0.05) is 25.3 Å². The minimum absolute atomic E-state index is 0.141. The molecule has 0 saturated heterocycles. The zero-order valence-electron chi connectivity index (χ0n) is 12.1. The Morgan fingerprint density at radius 2 is 2.05 bits per heavy atom. The van der Waals surface area contributed by atoms with Crippen molar-refractivity contribution in [2.24, 2.45) is 5.73 Å². The Kier molecular flexibility index (Phi) is 3.30. The van der Waals surface area contributed by atoms with Crippen LogP contribution in [0.5, 0.6) is 0 Å². The fourth-order valence-corrected chi connectivity index (χ4v) is 3.11. The van der Waals surface area contributed by atoms with Crippen LogP contribution in [0.4, 0.5) is 4.39 Å². The zero-order chi connectivity index (χ0) is 15.2. The molecule has 1 unspecified atom stereocenters. The van der Waals surface area contributed by atoms with Crippen LogP contribution < -0.4 is 5.73 Å². The van der Waals surface area contributed by atoms with E-state index in [1.54, 1.807) is 12.1 Å². The number of benzene rings is 1. The maximum Gasteiger partial charge on any atom is 0.134 e. The molecule has 1 aromatic carbocycles. The summed E-state index contributed by atoms with van der Waals surface area (Å²) in [7, 11) is 0. The molecular weight excluding hydrogens is 289 g/mol. The van der Waals surface area contributed by atoms with Gasteiger partial charge in [0.1, 0.15) is 23.2 Å². The van der Waals surface area contributed by atoms with Gasteiger partial charge in [0.25, 0.3) is 0 Å². The molecule has 0 fully saturated rings. The maximum atomic E-state index is 13.2. The lowest BCUT2D eigenvalue weighted by molar-refractivity contribution is 0.513. The molecular formula is C15H16FN3OS. The summed E-state index contributed by atoms with van der Waals surface area (Å²) < 4.78 is 23.0. The van der Waals surface area contributed by atoms with Crippen LogP contribution in [0.2, 0.25) is 0 Å². The van der Waals surface area contributed by atoms with Crippen LogP contribution in [0.25, 0.3) is 11.0 Å². The molecule has 0 radical (unpaired) electrons. The van der Waals surface area contributed by atoms with Gasteiger partial charge in [0.15, 0.2) is 0 Å². The van der Waals surface area contributed by atoms with Gasteiger partial charge in [0.2, 0.25) is 0 Å². The van der Waals surface area contributed by atoms with E-state index in [9.17, 15) is 4.39 Å². The van der Waals surface area contributed by atoms with Gasteiger partial charge in [-0.25, -0.2) is 4.39 Å². The third kappa shape index (κ3) is 2.56. The monoisotopic (exact) mass is 305 g/mol. The summed E-state index contributed by atoms with van der Waals surface area (Å²) >= 11 is 1.27. The maximum absolute atomic E-state index is 13.2. The third-order valence-electron chi connectivity index (χ3n) is 3.31. The summed E-state index contributed by atoms with van der Waals surface area (Å²) in [5.41, 5.74) is 7.65. The van der Waals surface area contributed by atoms with Gasteiger partial charge in [-0.2, -0.15) is 0 Å². The predicted octanol–water partition coefficient (Wildman–Crippen LogP) is 3.77. The third-order valence-corrected chi connectivity index (χ3v) is 4.12. The molecule has 2 heterocycles. The smallest absolute Gasteiger partial charge is 0.134 e.